The van der Waals surface area contributed by atoms with Crippen LogP contribution in [0.5, 0.6) is 0 Å². The van der Waals surface area contributed by atoms with Crippen LogP contribution in [0.25, 0.3) is 11.0 Å². The van der Waals surface area contributed by atoms with Crippen molar-refractivity contribution < 1.29 is 9.21 Å². The second-order valence-corrected chi connectivity index (χ2v) is 6.09. The minimum absolute atomic E-state index is 0.0351. The fourth-order valence-corrected chi connectivity index (χ4v) is 2.82. The average Bonchev–Trinajstić information content (AvgIpc) is 2.88. The van der Waals surface area contributed by atoms with Crippen molar-refractivity contribution in [1.29, 1.82) is 0 Å². The number of fused-ring (bicyclic) bond motifs is 1. The standard InChI is InChI=1S/C20H21NO2/c1-14-6-5-7-16(10-14)12-20(22)21-15(2)11-18-13-17-8-3-4-9-19(17)23-18/h3-10,13,15H,11-12H2,1-2H3,(H,21,22)/t15-/m1/s1. The van der Waals surface area contributed by atoms with Gasteiger partial charge in [-0.1, -0.05) is 48.0 Å². The number of hydrogen-bond acceptors (Lipinski definition) is 2. The van der Waals surface area contributed by atoms with E-state index in [1.165, 1.54) is 5.56 Å². The van der Waals surface area contributed by atoms with E-state index in [0.717, 1.165) is 22.3 Å². The Kier molecular flexibility index (Phi) is 4.47. The zero-order valence-corrected chi connectivity index (χ0v) is 13.5. The predicted octanol–water partition coefficient (Wildman–Crippen LogP) is 4.03. The van der Waals surface area contributed by atoms with E-state index < -0.39 is 0 Å². The summed E-state index contributed by atoms with van der Waals surface area (Å²) >= 11 is 0. The summed E-state index contributed by atoms with van der Waals surface area (Å²) in [5.74, 6) is 0.939. The second-order valence-electron chi connectivity index (χ2n) is 6.09. The lowest BCUT2D eigenvalue weighted by Crippen LogP contribution is -2.35. The second kappa shape index (κ2) is 6.69. The lowest BCUT2D eigenvalue weighted by Gasteiger charge is -2.12. The van der Waals surface area contributed by atoms with Crippen molar-refractivity contribution in [3.05, 3.63) is 71.5 Å². The molecule has 2 aromatic carbocycles. The number of aryl methyl sites for hydroxylation is 1. The zero-order chi connectivity index (χ0) is 16.2. The Hall–Kier alpha value is -2.55. The first-order valence-corrected chi connectivity index (χ1v) is 7.92. The van der Waals surface area contributed by atoms with Crippen LogP contribution in [0.4, 0.5) is 0 Å². The van der Waals surface area contributed by atoms with Gasteiger partial charge in [0, 0.05) is 17.8 Å². The van der Waals surface area contributed by atoms with E-state index in [-0.39, 0.29) is 11.9 Å². The normalized spacial score (nSPS) is 12.3. The third kappa shape index (κ3) is 4.01. The van der Waals surface area contributed by atoms with Crippen LogP contribution in [0.15, 0.2) is 59.0 Å². The van der Waals surface area contributed by atoms with Crippen LogP contribution >= 0.6 is 0 Å². The maximum Gasteiger partial charge on any atom is 0.224 e. The monoisotopic (exact) mass is 307 g/mol. The minimum atomic E-state index is 0.0351. The van der Waals surface area contributed by atoms with E-state index in [1.807, 2.05) is 68.4 Å². The van der Waals surface area contributed by atoms with Crippen molar-refractivity contribution in [3.8, 4) is 0 Å². The molecule has 0 aliphatic rings. The first-order chi connectivity index (χ1) is 11.1. The number of amides is 1. The Morgan fingerprint density at radius 1 is 1.13 bits per heavy atom. The molecule has 0 aliphatic carbocycles. The molecular weight excluding hydrogens is 286 g/mol. The number of carbonyl (C=O) groups is 1. The summed E-state index contributed by atoms with van der Waals surface area (Å²) < 4.78 is 5.80. The Labute approximate surface area is 136 Å². The SMILES string of the molecule is Cc1cccc(CC(=O)N[C@H](C)Cc2cc3ccccc3o2)c1. The molecule has 3 rings (SSSR count). The maximum atomic E-state index is 12.2. The average molecular weight is 307 g/mol. The molecule has 3 aromatic rings. The van der Waals surface area contributed by atoms with E-state index in [0.29, 0.717) is 12.8 Å². The third-order valence-corrected chi connectivity index (χ3v) is 3.84. The van der Waals surface area contributed by atoms with Gasteiger partial charge in [0.05, 0.1) is 6.42 Å². The van der Waals surface area contributed by atoms with Gasteiger partial charge < -0.3 is 9.73 Å². The van der Waals surface area contributed by atoms with Crippen LogP contribution in [-0.4, -0.2) is 11.9 Å². The molecule has 3 nitrogen and oxygen atoms in total. The molecule has 0 bridgehead atoms. The molecule has 0 unspecified atom stereocenters. The molecule has 1 aromatic heterocycles. The highest BCUT2D eigenvalue weighted by molar-refractivity contribution is 5.79. The van der Waals surface area contributed by atoms with Crippen molar-refractivity contribution in [2.45, 2.75) is 32.7 Å². The van der Waals surface area contributed by atoms with Crippen LogP contribution in [0.2, 0.25) is 0 Å². The molecule has 1 heterocycles. The summed E-state index contributed by atoms with van der Waals surface area (Å²) in [6.07, 6.45) is 1.10. The summed E-state index contributed by atoms with van der Waals surface area (Å²) in [6, 6.07) is 18.1. The van der Waals surface area contributed by atoms with Crippen LogP contribution in [0, 0.1) is 6.92 Å². The molecule has 0 saturated heterocycles. The highest BCUT2D eigenvalue weighted by Crippen LogP contribution is 2.19. The highest BCUT2D eigenvalue weighted by atomic mass is 16.3. The molecule has 0 saturated carbocycles. The van der Waals surface area contributed by atoms with Gasteiger partial charge in [-0.25, -0.2) is 0 Å². The lowest BCUT2D eigenvalue weighted by molar-refractivity contribution is -0.121. The molecule has 1 atom stereocenters. The predicted molar refractivity (Wildman–Crippen MR) is 92.4 cm³/mol. The molecule has 1 N–H and O–H groups in total. The van der Waals surface area contributed by atoms with Crippen LogP contribution in [-0.2, 0) is 17.6 Å². The topological polar surface area (TPSA) is 42.2 Å². The van der Waals surface area contributed by atoms with E-state index in [9.17, 15) is 4.79 Å². The zero-order valence-electron chi connectivity index (χ0n) is 13.5. The lowest BCUT2D eigenvalue weighted by atomic mass is 10.1. The van der Waals surface area contributed by atoms with E-state index in [2.05, 4.69) is 5.32 Å². The number of hydrogen-bond donors (Lipinski definition) is 1. The van der Waals surface area contributed by atoms with Crippen molar-refractivity contribution in [2.24, 2.45) is 0 Å². The molecule has 1 amide bonds. The Morgan fingerprint density at radius 3 is 2.74 bits per heavy atom. The largest absolute Gasteiger partial charge is 0.461 e. The first kappa shape index (κ1) is 15.3. The third-order valence-electron chi connectivity index (χ3n) is 3.84. The molecular formula is C20H21NO2. The molecule has 118 valence electrons. The Morgan fingerprint density at radius 2 is 1.96 bits per heavy atom. The van der Waals surface area contributed by atoms with Gasteiger partial charge in [-0.3, -0.25) is 4.79 Å². The Bertz CT molecular complexity index is 786. The van der Waals surface area contributed by atoms with Gasteiger partial charge in [0.15, 0.2) is 0 Å². The van der Waals surface area contributed by atoms with Gasteiger partial charge in [-0.05, 0) is 31.5 Å². The van der Waals surface area contributed by atoms with Gasteiger partial charge in [-0.15, -0.1) is 0 Å². The Balaban J connectivity index is 1.58. The maximum absolute atomic E-state index is 12.2. The van der Waals surface area contributed by atoms with Crippen molar-refractivity contribution in [2.75, 3.05) is 0 Å². The van der Waals surface area contributed by atoms with E-state index in [4.69, 9.17) is 4.42 Å². The van der Waals surface area contributed by atoms with Gasteiger partial charge in [0.25, 0.3) is 0 Å². The minimum Gasteiger partial charge on any atom is -0.461 e. The summed E-state index contributed by atoms with van der Waals surface area (Å²) in [7, 11) is 0. The number of para-hydroxylation sites is 1. The number of rotatable bonds is 5. The quantitative estimate of drug-likeness (QED) is 0.773. The van der Waals surface area contributed by atoms with Crippen molar-refractivity contribution >= 4 is 16.9 Å². The molecule has 0 spiro atoms. The molecule has 23 heavy (non-hydrogen) atoms. The van der Waals surface area contributed by atoms with Crippen LogP contribution in [0.3, 0.4) is 0 Å². The van der Waals surface area contributed by atoms with E-state index in [1.54, 1.807) is 0 Å². The fourth-order valence-electron chi connectivity index (χ4n) is 2.82. The first-order valence-electron chi connectivity index (χ1n) is 7.92. The fraction of sp³-hybridized carbons (Fsp3) is 0.250. The van der Waals surface area contributed by atoms with Crippen LogP contribution < -0.4 is 5.32 Å². The van der Waals surface area contributed by atoms with Gasteiger partial charge in [0.2, 0.25) is 5.91 Å². The molecule has 0 fully saturated rings. The highest BCUT2D eigenvalue weighted by Gasteiger charge is 2.12. The summed E-state index contributed by atoms with van der Waals surface area (Å²) in [5, 5.41) is 4.14. The van der Waals surface area contributed by atoms with Crippen LogP contribution in [0.1, 0.15) is 23.8 Å². The van der Waals surface area contributed by atoms with E-state index >= 15 is 0 Å². The van der Waals surface area contributed by atoms with Gasteiger partial charge in [-0.2, -0.15) is 0 Å². The number of benzene rings is 2. The number of carbonyl (C=O) groups excluding carboxylic acids is 1. The van der Waals surface area contributed by atoms with Crippen molar-refractivity contribution in [3.63, 3.8) is 0 Å². The summed E-state index contributed by atoms with van der Waals surface area (Å²) in [4.78, 5) is 12.2. The number of furan rings is 1. The molecule has 0 aliphatic heterocycles. The van der Waals surface area contributed by atoms with Crippen molar-refractivity contribution in [1.82, 2.24) is 5.32 Å². The smallest absolute Gasteiger partial charge is 0.224 e. The number of nitrogens with one attached hydrogen (secondary N) is 1. The van der Waals surface area contributed by atoms with Gasteiger partial charge in [0.1, 0.15) is 11.3 Å². The molecule has 3 heteroatoms. The summed E-state index contributed by atoms with van der Waals surface area (Å²) in [5.41, 5.74) is 3.10. The summed E-state index contributed by atoms with van der Waals surface area (Å²) in [6.45, 7) is 4.03. The van der Waals surface area contributed by atoms with Gasteiger partial charge >= 0.3 is 0 Å². The molecule has 0 radical (unpaired) electrons.